The fraction of sp³-hybridized carbons (Fsp3) is 0.333. The molecule has 1 aliphatic heterocycles. The van der Waals surface area contributed by atoms with Crippen LogP contribution in [0.2, 0.25) is 0 Å². The lowest BCUT2D eigenvalue weighted by Gasteiger charge is -2.44. The zero-order valence-electron chi connectivity index (χ0n) is 15.8. The first kappa shape index (κ1) is 19.2. The van der Waals surface area contributed by atoms with E-state index in [1.807, 2.05) is 0 Å². The van der Waals surface area contributed by atoms with E-state index in [2.05, 4.69) is 0 Å². The Hall–Kier alpha value is -3.10. The minimum Gasteiger partial charge on any atom is -0.496 e. The summed E-state index contributed by atoms with van der Waals surface area (Å²) >= 11 is 0. The molecule has 4 atom stereocenters. The van der Waals surface area contributed by atoms with E-state index in [0.717, 1.165) is 0 Å². The highest BCUT2D eigenvalue weighted by molar-refractivity contribution is 6.32. The van der Waals surface area contributed by atoms with E-state index in [-0.39, 0.29) is 11.1 Å². The molecule has 2 aliphatic rings. The Kier molecular flexibility index (Phi) is 4.48. The molecule has 1 aliphatic carbocycles. The molecule has 2 aromatic carbocycles. The zero-order chi connectivity index (χ0) is 20.9. The summed E-state index contributed by atoms with van der Waals surface area (Å²) in [6, 6.07) is 11.0. The van der Waals surface area contributed by atoms with Crippen molar-refractivity contribution in [3.8, 4) is 5.75 Å². The molecule has 1 saturated heterocycles. The number of fused-ring (bicyclic) bond motifs is 1. The molecule has 1 N–H and O–H groups in total. The van der Waals surface area contributed by atoms with Crippen molar-refractivity contribution < 1.29 is 29.1 Å². The smallest absolute Gasteiger partial charge is 0.264 e. The third-order valence-corrected chi connectivity index (χ3v) is 5.90. The lowest BCUT2D eigenvalue weighted by molar-refractivity contribution is -0.554. The highest BCUT2D eigenvalue weighted by Gasteiger charge is 2.71. The minimum atomic E-state index is -2.43. The van der Waals surface area contributed by atoms with Crippen LogP contribution in [0, 0.1) is 16.0 Å². The number of aliphatic hydroxyl groups excluding tert-OH is 1. The Morgan fingerprint density at radius 3 is 2.17 bits per heavy atom. The molecule has 150 valence electrons. The zero-order valence-corrected chi connectivity index (χ0v) is 15.8. The summed E-state index contributed by atoms with van der Waals surface area (Å²) in [5.41, 5.74) is -1.87. The minimum absolute atomic E-state index is 0.0601. The van der Waals surface area contributed by atoms with Crippen molar-refractivity contribution in [2.75, 3.05) is 7.11 Å². The Balaban J connectivity index is 1.96. The third kappa shape index (κ3) is 2.53. The van der Waals surface area contributed by atoms with Gasteiger partial charge in [0.05, 0.1) is 13.0 Å². The summed E-state index contributed by atoms with van der Waals surface area (Å²) in [6.07, 6.45) is -1.55. The maximum absolute atomic E-state index is 13.3. The normalized spacial score (nSPS) is 27.7. The van der Waals surface area contributed by atoms with Crippen LogP contribution in [0.15, 0.2) is 48.5 Å². The van der Waals surface area contributed by atoms with Gasteiger partial charge in [0, 0.05) is 27.5 Å². The lowest BCUT2D eigenvalue weighted by Crippen LogP contribution is -2.66. The largest absolute Gasteiger partial charge is 0.496 e. The summed E-state index contributed by atoms with van der Waals surface area (Å²) in [7, 11) is 1.43. The molecular formula is C21H19NO7. The molecule has 0 unspecified atom stereocenters. The summed E-state index contributed by atoms with van der Waals surface area (Å²) in [5.74, 6) is -2.99. The lowest BCUT2D eigenvalue weighted by atomic mass is 9.69. The van der Waals surface area contributed by atoms with E-state index >= 15 is 0 Å². The molecule has 1 fully saturated rings. The van der Waals surface area contributed by atoms with Gasteiger partial charge in [-0.2, -0.15) is 0 Å². The second-order valence-corrected chi connectivity index (χ2v) is 7.30. The van der Waals surface area contributed by atoms with Gasteiger partial charge < -0.3 is 14.6 Å². The van der Waals surface area contributed by atoms with Gasteiger partial charge in [0.1, 0.15) is 5.75 Å². The van der Waals surface area contributed by atoms with Crippen molar-refractivity contribution in [3.05, 3.63) is 75.3 Å². The number of ketones is 2. The molecule has 0 radical (unpaired) electrons. The predicted molar refractivity (Wildman–Crippen MR) is 101 cm³/mol. The fourth-order valence-electron chi connectivity index (χ4n) is 4.52. The van der Waals surface area contributed by atoms with Crippen LogP contribution in [0.1, 0.15) is 39.1 Å². The molecule has 1 heterocycles. The van der Waals surface area contributed by atoms with E-state index in [1.165, 1.54) is 19.2 Å². The van der Waals surface area contributed by atoms with Gasteiger partial charge in [0.15, 0.2) is 6.29 Å². The number of aliphatic hydroxyl groups is 1. The first-order valence-corrected chi connectivity index (χ1v) is 9.15. The number of benzene rings is 2. The predicted octanol–water partition coefficient (Wildman–Crippen LogP) is 2.23. The summed E-state index contributed by atoms with van der Waals surface area (Å²) in [5, 5.41) is 22.9. The van der Waals surface area contributed by atoms with Crippen molar-refractivity contribution in [2.24, 2.45) is 5.92 Å². The number of carbonyl (C=O) groups excluding carboxylic acids is 2. The first-order chi connectivity index (χ1) is 13.8. The van der Waals surface area contributed by atoms with Crippen molar-refractivity contribution in [1.29, 1.82) is 0 Å². The van der Waals surface area contributed by atoms with Crippen LogP contribution in [0.25, 0.3) is 0 Å². The molecule has 4 rings (SSSR count). The van der Waals surface area contributed by atoms with Crippen LogP contribution in [-0.2, 0) is 4.74 Å². The SMILES string of the molecule is COc1ccccc1[C@@H]1[C@@H](C)[C@@H](O)OC2(C(=O)c3ccccc3C2=O)[C@H]1[N+](=O)[O-]. The molecule has 8 heteroatoms. The Labute approximate surface area is 166 Å². The fourth-order valence-corrected chi connectivity index (χ4v) is 4.52. The topological polar surface area (TPSA) is 116 Å². The molecule has 2 aromatic rings. The number of nitro groups is 1. The number of para-hydroxylation sites is 1. The second-order valence-electron chi connectivity index (χ2n) is 7.30. The van der Waals surface area contributed by atoms with Gasteiger partial charge in [0.2, 0.25) is 11.6 Å². The first-order valence-electron chi connectivity index (χ1n) is 9.15. The molecule has 0 amide bonds. The molecular weight excluding hydrogens is 378 g/mol. The Morgan fingerprint density at radius 2 is 1.62 bits per heavy atom. The maximum atomic E-state index is 13.3. The molecule has 1 spiro atoms. The van der Waals surface area contributed by atoms with Crippen LogP contribution < -0.4 is 4.74 Å². The van der Waals surface area contributed by atoms with E-state index in [4.69, 9.17) is 9.47 Å². The van der Waals surface area contributed by atoms with Gasteiger partial charge in [-0.1, -0.05) is 49.4 Å². The molecule has 8 nitrogen and oxygen atoms in total. The van der Waals surface area contributed by atoms with Crippen molar-refractivity contribution in [2.45, 2.75) is 30.8 Å². The van der Waals surface area contributed by atoms with Gasteiger partial charge in [-0.15, -0.1) is 0 Å². The van der Waals surface area contributed by atoms with E-state index < -0.39 is 46.3 Å². The molecule has 29 heavy (non-hydrogen) atoms. The van der Waals surface area contributed by atoms with E-state index in [9.17, 15) is 24.8 Å². The monoisotopic (exact) mass is 397 g/mol. The number of ether oxygens (including phenoxy) is 2. The standard InChI is InChI=1S/C21H19NO7/c1-11-16(14-9-5-6-10-15(14)28-2)17(22(26)27)21(29-20(11)25)18(23)12-7-3-4-8-13(12)19(21)24/h3-11,16-17,20,25H,1-2H3/t11-,16+,17+,20+/m1/s1. The molecule has 0 saturated carbocycles. The number of methoxy groups -OCH3 is 1. The van der Waals surface area contributed by atoms with E-state index in [1.54, 1.807) is 43.3 Å². The number of rotatable bonds is 3. The number of hydrogen-bond donors (Lipinski definition) is 1. The van der Waals surface area contributed by atoms with Crippen LogP contribution in [0.4, 0.5) is 0 Å². The van der Waals surface area contributed by atoms with Crippen molar-refractivity contribution >= 4 is 11.6 Å². The van der Waals surface area contributed by atoms with Gasteiger partial charge >= 0.3 is 0 Å². The Bertz CT molecular complexity index is 983. The maximum Gasteiger partial charge on any atom is 0.264 e. The molecule has 0 aromatic heterocycles. The summed E-state index contributed by atoms with van der Waals surface area (Å²) in [4.78, 5) is 38.2. The number of carbonyl (C=O) groups is 2. The van der Waals surface area contributed by atoms with Crippen molar-refractivity contribution in [1.82, 2.24) is 0 Å². The van der Waals surface area contributed by atoms with Crippen LogP contribution in [0.5, 0.6) is 5.75 Å². The van der Waals surface area contributed by atoms with Crippen LogP contribution in [-0.4, -0.2) is 46.6 Å². The second kappa shape index (κ2) is 6.75. The average Bonchev–Trinajstić information content (AvgIpc) is 2.93. The van der Waals surface area contributed by atoms with Gasteiger partial charge in [-0.3, -0.25) is 19.7 Å². The number of Topliss-reactive ketones (excluding diaryl/α,β-unsaturated/α-hetero) is 2. The highest BCUT2D eigenvalue weighted by Crippen LogP contribution is 2.50. The quantitative estimate of drug-likeness (QED) is 0.480. The molecule has 0 bridgehead atoms. The Morgan fingerprint density at radius 1 is 1.07 bits per heavy atom. The summed E-state index contributed by atoms with van der Waals surface area (Å²) in [6.45, 7) is 1.59. The van der Waals surface area contributed by atoms with Crippen LogP contribution >= 0.6 is 0 Å². The highest BCUT2D eigenvalue weighted by atomic mass is 16.7. The van der Waals surface area contributed by atoms with Gasteiger partial charge in [-0.05, 0) is 6.07 Å². The van der Waals surface area contributed by atoms with Gasteiger partial charge in [0.25, 0.3) is 11.6 Å². The number of nitrogens with zero attached hydrogens (tertiary/aromatic N) is 1. The van der Waals surface area contributed by atoms with Gasteiger partial charge in [-0.25, -0.2) is 0 Å². The number of hydrogen-bond acceptors (Lipinski definition) is 7. The van der Waals surface area contributed by atoms with Crippen molar-refractivity contribution in [3.63, 3.8) is 0 Å². The third-order valence-electron chi connectivity index (χ3n) is 5.90. The van der Waals surface area contributed by atoms with E-state index in [0.29, 0.717) is 11.3 Å². The average molecular weight is 397 g/mol. The summed E-state index contributed by atoms with van der Waals surface area (Å²) < 4.78 is 10.9. The van der Waals surface area contributed by atoms with Crippen LogP contribution in [0.3, 0.4) is 0 Å².